The van der Waals surface area contributed by atoms with E-state index in [4.69, 9.17) is 4.12 Å². The summed E-state index contributed by atoms with van der Waals surface area (Å²) in [5, 5.41) is 69.3. The van der Waals surface area contributed by atoms with E-state index in [1.807, 2.05) is 0 Å². The Morgan fingerprint density at radius 1 is 0.165 bits per heavy atom. The van der Waals surface area contributed by atoms with Crippen molar-refractivity contribution >= 4 is 275 Å². The van der Waals surface area contributed by atoms with Gasteiger partial charge in [0.05, 0.1) is 0 Å². The highest BCUT2D eigenvalue weighted by Gasteiger charge is 2.39. The summed E-state index contributed by atoms with van der Waals surface area (Å²) in [5.41, 5.74) is 0. The van der Waals surface area contributed by atoms with Gasteiger partial charge in [-0.15, -0.1) is 0 Å². The maximum absolute atomic E-state index is 5.90. The lowest BCUT2D eigenvalue weighted by Gasteiger charge is -2.34. The highest BCUT2D eigenvalue weighted by molar-refractivity contribution is 6.83. The van der Waals surface area contributed by atoms with Crippen LogP contribution in [0.15, 0.2) is 133 Å². The topological polar surface area (TPSA) is 9.23 Å². The molecule has 3 heteroatoms. The van der Waals surface area contributed by atoms with E-state index < -0.39 is 16.6 Å². The minimum atomic E-state index is -1.23. The van der Waals surface area contributed by atoms with Gasteiger partial charge in [0.25, 0.3) is 0 Å². The van der Waals surface area contributed by atoms with Crippen molar-refractivity contribution in [2.24, 2.45) is 0 Å². The van der Waals surface area contributed by atoms with Gasteiger partial charge in [0.15, 0.2) is 16.6 Å². The first kappa shape index (κ1) is 38.8. The summed E-state index contributed by atoms with van der Waals surface area (Å²) < 4.78 is 5.90. The molecule has 0 unspecified atom stereocenters. The van der Waals surface area contributed by atoms with Crippen molar-refractivity contribution in [1.82, 2.24) is 0 Å². The SMILES string of the molecule is C[Si](C)(C)O[Si](C)(C)C.c1cc2cc3cc4cc5ccc6cc7cc8cc9cccc%10cc%11cc%12cc%13ccc%14cc%15cc%16cc(c1)c2c1c3c2c4c3c5c6c4c7c5c8c(c9%10)c%11c6c%12c7c%13c%14c8c%15c(c%161)c2c1c3c4c(c56)c7c81. The molecule has 0 aliphatic heterocycles. The maximum atomic E-state index is 5.90. The number of hydrogen-bond donors (Lipinski definition) is 0. The molecule has 25 rings (SSSR count). The molecule has 0 aliphatic rings. The maximum Gasteiger partial charge on any atom is 0.170 e. The Bertz CT molecular complexity index is 6170. The van der Waals surface area contributed by atoms with Crippen molar-refractivity contribution in [2.75, 3.05) is 0 Å². The third-order valence-electron chi connectivity index (χ3n) is 21.0. The lowest BCUT2D eigenvalue weighted by molar-refractivity contribution is 0.559. The summed E-state index contributed by atoms with van der Waals surface area (Å²) in [6.45, 7) is 13.4. The van der Waals surface area contributed by atoms with Crippen LogP contribution in [-0.2, 0) is 4.12 Å². The summed E-state index contributed by atoms with van der Waals surface area (Å²) in [4.78, 5) is 0. The molecule has 0 saturated carbocycles. The first-order valence-electron chi connectivity index (χ1n) is 28.6. The molecule has 0 atom stereocenters. The molecule has 0 amide bonds. The second kappa shape index (κ2) is 11.1. The van der Waals surface area contributed by atoms with Gasteiger partial charge in [0.1, 0.15) is 0 Å². The van der Waals surface area contributed by atoms with Crippen LogP contribution in [-0.4, -0.2) is 16.6 Å². The van der Waals surface area contributed by atoms with E-state index in [2.05, 4.69) is 173 Å². The van der Waals surface area contributed by atoms with Gasteiger partial charge in [-0.05, 0) is 371 Å². The minimum absolute atomic E-state index is 1.23. The molecule has 0 saturated heterocycles. The van der Waals surface area contributed by atoms with E-state index in [1.54, 1.807) is 0 Å². The van der Waals surface area contributed by atoms with Crippen LogP contribution in [0.25, 0.3) is 259 Å². The predicted molar refractivity (Wildman–Crippen MR) is 353 cm³/mol. The Labute approximate surface area is 449 Å². The molecule has 0 heterocycles. The van der Waals surface area contributed by atoms with Gasteiger partial charge >= 0.3 is 0 Å². The fourth-order valence-electron chi connectivity index (χ4n) is 19.5. The second-order valence-electron chi connectivity index (χ2n) is 27.1. The van der Waals surface area contributed by atoms with E-state index in [0.29, 0.717) is 0 Å². The number of hydrogen-bond acceptors (Lipinski definition) is 1. The van der Waals surface area contributed by atoms with Crippen molar-refractivity contribution in [2.45, 2.75) is 39.3 Å². The quantitative estimate of drug-likeness (QED) is 0.0952. The normalized spacial score (nSPS) is 14.8. The average molecular weight is 1030 g/mol. The van der Waals surface area contributed by atoms with E-state index in [9.17, 15) is 0 Å². The van der Waals surface area contributed by atoms with Crippen LogP contribution >= 0.6 is 0 Å². The van der Waals surface area contributed by atoms with Gasteiger partial charge < -0.3 is 4.12 Å². The zero-order valence-electron chi connectivity index (χ0n) is 44.1. The van der Waals surface area contributed by atoms with Crippen LogP contribution in [0, 0.1) is 0 Å². The van der Waals surface area contributed by atoms with Gasteiger partial charge in [-0.1, -0.05) is 60.7 Å². The van der Waals surface area contributed by atoms with Gasteiger partial charge in [-0.2, -0.15) is 0 Å². The highest BCUT2D eigenvalue weighted by atomic mass is 28.4. The van der Waals surface area contributed by atoms with Crippen molar-refractivity contribution in [1.29, 1.82) is 0 Å². The Balaban J connectivity index is 0.000000431. The summed E-state index contributed by atoms with van der Waals surface area (Å²) in [7, 11) is -2.46. The molecule has 0 spiro atoms. The molecule has 1 nitrogen and oxygen atoms in total. The summed E-state index contributed by atoms with van der Waals surface area (Å²) >= 11 is 0. The van der Waals surface area contributed by atoms with Gasteiger partial charge in [-0.3, -0.25) is 0 Å². The molecule has 0 N–H and O–H groups in total. The average Bonchev–Trinajstić information content (AvgIpc) is 0.811. The van der Waals surface area contributed by atoms with Crippen LogP contribution in [0.3, 0.4) is 0 Å². The molecule has 0 fully saturated rings. The van der Waals surface area contributed by atoms with E-state index in [1.165, 1.54) is 259 Å². The number of rotatable bonds is 2. The van der Waals surface area contributed by atoms with Crippen LogP contribution in [0.2, 0.25) is 39.3 Å². The fourth-order valence-corrected chi connectivity index (χ4v) is 26.9. The van der Waals surface area contributed by atoms with Gasteiger partial charge in [0, 0.05) is 0 Å². The van der Waals surface area contributed by atoms with E-state index >= 15 is 0 Å². The van der Waals surface area contributed by atoms with E-state index in [0.717, 1.165) is 0 Å². The Hall–Kier alpha value is -8.71. The molecule has 25 aromatic rings. The fraction of sp³-hybridized carbons (Fsp3) is 0.0789. The summed E-state index contributed by atoms with van der Waals surface area (Å²) in [6, 6.07) is 54.7. The predicted octanol–water partition coefficient (Wildman–Crippen LogP) is 23.0. The molecule has 0 radical (unpaired) electrons. The third kappa shape index (κ3) is 3.70. The third-order valence-corrected chi connectivity index (χ3v) is 25.9. The van der Waals surface area contributed by atoms with Gasteiger partial charge in [0.2, 0.25) is 0 Å². The Morgan fingerprint density at radius 2 is 0.304 bits per heavy atom. The van der Waals surface area contributed by atoms with Gasteiger partial charge in [-0.25, -0.2) is 0 Å². The van der Waals surface area contributed by atoms with Crippen molar-refractivity contribution in [3.63, 3.8) is 0 Å². The second-order valence-corrected chi connectivity index (χ2v) is 36.3. The molecule has 25 aromatic carbocycles. The largest absolute Gasteiger partial charge is 0.456 e. The monoisotopic (exact) mass is 1020 g/mol. The standard InChI is InChI=1S/C70H22.C6H18OSi2/c1-3-23-11-31-19-35-15-27-7-9-29-17-37-21-33-13-25-5-2-6-26-14-34-22-38-18-30-10-8-28-16-36-20-32-12-24(4-1)39(23)53-45(31)59-49(35)55-41(27)43(29)57-51(37)61-47(33)54(40(25)26)48(34)62-52(38)58-44(30)42(28)56-50(36)60(46(32)53)63(59)69-65(55)67(57)70(64(61)62)68(58)66(56)69;1-8(2,3)7-9(4,5)6/h1-22H;1-6H3. The summed E-state index contributed by atoms with van der Waals surface area (Å²) in [6.07, 6.45) is 0. The van der Waals surface area contributed by atoms with Crippen LogP contribution in [0.1, 0.15) is 0 Å². The first-order valence-corrected chi connectivity index (χ1v) is 35.5. The number of benzene rings is 25. The van der Waals surface area contributed by atoms with Crippen LogP contribution in [0.4, 0.5) is 0 Å². The van der Waals surface area contributed by atoms with Crippen molar-refractivity contribution in [3.05, 3.63) is 133 Å². The molecule has 0 aromatic heterocycles. The van der Waals surface area contributed by atoms with Crippen molar-refractivity contribution < 1.29 is 4.12 Å². The minimum Gasteiger partial charge on any atom is -0.456 e. The Morgan fingerprint density at radius 3 is 0.481 bits per heavy atom. The summed E-state index contributed by atoms with van der Waals surface area (Å²) in [5.74, 6) is 0. The van der Waals surface area contributed by atoms with Crippen molar-refractivity contribution in [3.8, 4) is 0 Å². The Kier molecular flexibility index (Phi) is 5.47. The molecule has 358 valence electrons. The lowest BCUT2D eigenvalue weighted by atomic mass is 9.68. The first-order chi connectivity index (χ1) is 38.4. The molecular weight excluding hydrogens is 985 g/mol. The zero-order valence-corrected chi connectivity index (χ0v) is 46.1. The molecule has 79 heavy (non-hydrogen) atoms. The highest BCUT2D eigenvalue weighted by Crippen LogP contribution is 2.68. The van der Waals surface area contributed by atoms with Crippen LogP contribution in [0.5, 0.6) is 0 Å². The smallest absolute Gasteiger partial charge is 0.170 e. The molecular formula is C76H40OSi2. The lowest BCUT2D eigenvalue weighted by Crippen LogP contribution is -2.39. The van der Waals surface area contributed by atoms with E-state index in [-0.39, 0.29) is 0 Å². The molecule has 0 bridgehead atoms. The molecule has 0 aliphatic carbocycles. The van der Waals surface area contributed by atoms with Crippen LogP contribution < -0.4 is 0 Å². The zero-order chi connectivity index (χ0) is 51.0.